The van der Waals surface area contributed by atoms with Gasteiger partial charge in [-0.1, -0.05) is 12.1 Å². The van der Waals surface area contributed by atoms with Gasteiger partial charge in [-0.15, -0.1) is 0 Å². The van der Waals surface area contributed by atoms with Crippen molar-refractivity contribution >= 4 is 0 Å². The molecule has 0 saturated heterocycles. The molecular formula is C19H26N4O3. The highest BCUT2D eigenvalue weighted by Crippen LogP contribution is 2.37. The molecule has 2 heterocycles. The molecule has 1 aliphatic heterocycles. The minimum absolute atomic E-state index is 0.114. The van der Waals surface area contributed by atoms with Crippen LogP contribution in [0.3, 0.4) is 0 Å². The van der Waals surface area contributed by atoms with Crippen molar-refractivity contribution in [1.29, 1.82) is 0 Å². The molecule has 0 amide bonds. The van der Waals surface area contributed by atoms with Gasteiger partial charge in [-0.05, 0) is 36.0 Å². The summed E-state index contributed by atoms with van der Waals surface area (Å²) in [6.07, 6.45) is 2.12. The standard InChI is InChI=1S/C19H26N4O3/c1-22-18(21-23(2)19(22)25)14-8-15(16(24)9-14)11-20-10-12-3-4-17-13(7-12)5-6-26-17/h3-4,7,14-16,20,24H,5-6,8-11H2,1-2H3/t14-,15+,16+/m0/s1. The monoisotopic (exact) mass is 358 g/mol. The number of aromatic nitrogens is 3. The van der Waals surface area contributed by atoms with Crippen molar-refractivity contribution in [1.82, 2.24) is 19.7 Å². The van der Waals surface area contributed by atoms with Crippen molar-refractivity contribution in [2.24, 2.45) is 20.0 Å². The predicted molar refractivity (Wildman–Crippen MR) is 97.3 cm³/mol. The van der Waals surface area contributed by atoms with E-state index in [4.69, 9.17) is 4.74 Å². The van der Waals surface area contributed by atoms with Crippen LogP contribution in [0.2, 0.25) is 0 Å². The third kappa shape index (κ3) is 3.17. The highest BCUT2D eigenvalue weighted by Gasteiger charge is 2.36. The van der Waals surface area contributed by atoms with E-state index in [0.29, 0.717) is 6.42 Å². The molecule has 26 heavy (non-hydrogen) atoms. The van der Waals surface area contributed by atoms with Crippen LogP contribution in [-0.2, 0) is 27.1 Å². The molecule has 7 nitrogen and oxygen atoms in total. The average molecular weight is 358 g/mol. The number of nitrogens with zero attached hydrogens (tertiary/aromatic N) is 3. The van der Waals surface area contributed by atoms with Crippen LogP contribution in [0, 0.1) is 5.92 Å². The first-order valence-corrected chi connectivity index (χ1v) is 9.26. The maximum absolute atomic E-state index is 11.9. The number of aryl methyl sites for hydroxylation is 1. The number of ether oxygens (including phenoxy) is 1. The van der Waals surface area contributed by atoms with E-state index >= 15 is 0 Å². The highest BCUT2D eigenvalue weighted by atomic mass is 16.5. The lowest BCUT2D eigenvalue weighted by molar-refractivity contribution is 0.131. The van der Waals surface area contributed by atoms with Gasteiger partial charge in [-0.3, -0.25) is 4.57 Å². The Morgan fingerprint density at radius 1 is 1.35 bits per heavy atom. The minimum Gasteiger partial charge on any atom is -0.493 e. The lowest BCUT2D eigenvalue weighted by Crippen LogP contribution is -2.27. The fourth-order valence-electron chi connectivity index (χ4n) is 4.22. The SMILES string of the molecule is Cn1nc([C@H]2C[C@H](CNCc3ccc4c(c3)CCO4)[C@H](O)C2)n(C)c1=O. The zero-order chi connectivity index (χ0) is 18.3. The molecule has 1 aliphatic carbocycles. The fraction of sp³-hybridized carbons (Fsp3) is 0.579. The van der Waals surface area contributed by atoms with Crippen molar-refractivity contribution < 1.29 is 9.84 Å². The van der Waals surface area contributed by atoms with Crippen molar-refractivity contribution in [3.8, 4) is 5.75 Å². The number of fused-ring (bicyclic) bond motifs is 1. The normalized spacial score (nSPS) is 24.7. The Kier molecular flexibility index (Phi) is 4.58. The molecule has 0 unspecified atom stereocenters. The maximum Gasteiger partial charge on any atom is 0.345 e. The summed E-state index contributed by atoms with van der Waals surface area (Å²) in [5, 5.41) is 18.3. The number of nitrogens with one attached hydrogen (secondary N) is 1. The van der Waals surface area contributed by atoms with E-state index in [-0.39, 0.29) is 23.6 Å². The predicted octanol–water partition coefficient (Wildman–Crippen LogP) is 0.698. The first-order chi connectivity index (χ1) is 12.5. The van der Waals surface area contributed by atoms with E-state index in [0.717, 1.165) is 44.1 Å². The molecule has 0 radical (unpaired) electrons. The maximum atomic E-state index is 11.9. The third-order valence-corrected chi connectivity index (χ3v) is 5.67. The van der Waals surface area contributed by atoms with Gasteiger partial charge in [0.1, 0.15) is 11.6 Å². The number of hydrogen-bond acceptors (Lipinski definition) is 5. The van der Waals surface area contributed by atoms with E-state index in [1.165, 1.54) is 15.8 Å². The van der Waals surface area contributed by atoms with E-state index in [9.17, 15) is 9.90 Å². The number of rotatable bonds is 5. The Morgan fingerprint density at radius 3 is 2.96 bits per heavy atom. The number of aliphatic hydroxyl groups excluding tert-OH is 1. The first kappa shape index (κ1) is 17.3. The van der Waals surface area contributed by atoms with Crippen LogP contribution < -0.4 is 15.7 Å². The summed E-state index contributed by atoms with van der Waals surface area (Å²) in [6.45, 7) is 2.31. The summed E-state index contributed by atoms with van der Waals surface area (Å²) in [5.74, 6) is 2.09. The first-order valence-electron chi connectivity index (χ1n) is 9.26. The Balaban J connectivity index is 1.34. The minimum atomic E-state index is -0.363. The van der Waals surface area contributed by atoms with Crippen molar-refractivity contribution in [3.63, 3.8) is 0 Å². The molecule has 4 rings (SSSR count). The van der Waals surface area contributed by atoms with Gasteiger partial charge in [0.2, 0.25) is 0 Å². The summed E-state index contributed by atoms with van der Waals surface area (Å²) in [5.41, 5.74) is 2.41. The second kappa shape index (κ2) is 6.89. The van der Waals surface area contributed by atoms with Crippen LogP contribution in [-0.4, -0.2) is 38.7 Å². The summed E-state index contributed by atoms with van der Waals surface area (Å²) in [7, 11) is 3.41. The van der Waals surface area contributed by atoms with Crippen LogP contribution in [0.1, 0.15) is 35.7 Å². The van der Waals surface area contributed by atoms with Crippen molar-refractivity contribution in [3.05, 3.63) is 45.6 Å². The lowest BCUT2D eigenvalue weighted by Gasteiger charge is -2.15. The van der Waals surface area contributed by atoms with Crippen molar-refractivity contribution in [2.45, 2.75) is 37.8 Å². The fourth-order valence-corrected chi connectivity index (χ4v) is 4.22. The molecule has 2 aliphatic rings. The molecule has 1 fully saturated rings. The molecule has 1 aromatic carbocycles. The largest absolute Gasteiger partial charge is 0.493 e. The van der Waals surface area contributed by atoms with E-state index < -0.39 is 0 Å². The van der Waals surface area contributed by atoms with Crippen molar-refractivity contribution in [2.75, 3.05) is 13.2 Å². The molecule has 2 aromatic rings. The summed E-state index contributed by atoms with van der Waals surface area (Å²) >= 11 is 0. The smallest absolute Gasteiger partial charge is 0.345 e. The summed E-state index contributed by atoms with van der Waals surface area (Å²) in [6, 6.07) is 6.34. The Bertz CT molecular complexity index is 857. The molecule has 3 atom stereocenters. The molecule has 140 valence electrons. The second-order valence-corrected chi connectivity index (χ2v) is 7.49. The van der Waals surface area contributed by atoms with E-state index in [1.54, 1.807) is 18.7 Å². The van der Waals surface area contributed by atoms with Gasteiger partial charge in [0.05, 0.1) is 12.7 Å². The molecule has 7 heteroatoms. The zero-order valence-electron chi connectivity index (χ0n) is 15.3. The van der Waals surface area contributed by atoms with Gasteiger partial charge in [0, 0.05) is 39.5 Å². The molecule has 1 saturated carbocycles. The van der Waals surface area contributed by atoms with Gasteiger partial charge in [-0.2, -0.15) is 5.10 Å². The molecule has 0 spiro atoms. The summed E-state index contributed by atoms with van der Waals surface area (Å²) in [4.78, 5) is 11.9. The summed E-state index contributed by atoms with van der Waals surface area (Å²) < 4.78 is 8.50. The van der Waals surface area contributed by atoms with Gasteiger partial charge >= 0.3 is 5.69 Å². The number of hydrogen-bond donors (Lipinski definition) is 2. The zero-order valence-corrected chi connectivity index (χ0v) is 15.3. The van der Waals surface area contributed by atoms with Crippen LogP contribution >= 0.6 is 0 Å². The van der Waals surface area contributed by atoms with Crippen LogP contribution in [0.25, 0.3) is 0 Å². The van der Waals surface area contributed by atoms with Gasteiger partial charge in [-0.25, -0.2) is 9.48 Å². The second-order valence-electron chi connectivity index (χ2n) is 7.49. The third-order valence-electron chi connectivity index (χ3n) is 5.67. The Hall–Kier alpha value is -2.12. The molecule has 2 N–H and O–H groups in total. The molecular weight excluding hydrogens is 332 g/mol. The van der Waals surface area contributed by atoms with Crippen LogP contribution in [0.15, 0.2) is 23.0 Å². The topological polar surface area (TPSA) is 81.3 Å². The Labute approximate surface area is 152 Å². The number of aliphatic hydroxyl groups is 1. The quantitative estimate of drug-likeness (QED) is 0.822. The van der Waals surface area contributed by atoms with E-state index in [1.807, 2.05) is 6.07 Å². The Morgan fingerprint density at radius 2 is 2.19 bits per heavy atom. The van der Waals surface area contributed by atoms with Crippen LogP contribution in [0.5, 0.6) is 5.75 Å². The average Bonchev–Trinajstić information content (AvgIpc) is 3.30. The van der Waals surface area contributed by atoms with Gasteiger partial charge < -0.3 is 15.2 Å². The van der Waals surface area contributed by atoms with Gasteiger partial charge in [0.25, 0.3) is 0 Å². The van der Waals surface area contributed by atoms with E-state index in [2.05, 4.69) is 22.5 Å². The number of benzene rings is 1. The van der Waals surface area contributed by atoms with Gasteiger partial charge in [0.15, 0.2) is 0 Å². The highest BCUT2D eigenvalue weighted by molar-refractivity contribution is 5.39. The van der Waals surface area contributed by atoms with Crippen LogP contribution in [0.4, 0.5) is 0 Å². The molecule has 1 aromatic heterocycles. The lowest BCUT2D eigenvalue weighted by atomic mass is 10.0. The molecule has 0 bridgehead atoms.